The van der Waals surface area contributed by atoms with E-state index in [0.29, 0.717) is 55.3 Å². The number of ether oxygens (including phenoxy) is 3. The number of cyclic esters (lactones) is 1. The second-order valence-electron chi connectivity index (χ2n) is 12.6. The van der Waals surface area contributed by atoms with Crippen molar-refractivity contribution in [2.45, 2.75) is 77.9 Å². The van der Waals surface area contributed by atoms with E-state index in [1.807, 2.05) is 33.9 Å². The van der Waals surface area contributed by atoms with Gasteiger partial charge < -0.3 is 34.1 Å². The summed E-state index contributed by atoms with van der Waals surface area (Å²) in [6.45, 7) is 9.76. The molecule has 3 aromatic rings. The Bertz CT molecular complexity index is 1710. The fraction of sp³-hybridized carbons (Fsp3) is 0.500. The first-order valence-electron chi connectivity index (χ1n) is 14.8. The molecular weight excluding hydrogens is 552 g/mol. The maximum Gasteiger partial charge on any atom is 0.407 e. The number of aliphatic hydroxyl groups is 1. The Morgan fingerprint density at radius 2 is 2.00 bits per heavy atom. The van der Waals surface area contributed by atoms with Gasteiger partial charge in [0, 0.05) is 42.1 Å². The molecule has 0 unspecified atom stereocenters. The topological polar surface area (TPSA) is 132 Å². The van der Waals surface area contributed by atoms with Gasteiger partial charge in [0.05, 0.1) is 35.6 Å². The second kappa shape index (κ2) is 10.6. The zero-order valence-corrected chi connectivity index (χ0v) is 25.3. The van der Waals surface area contributed by atoms with Crippen molar-refractivity contribution in [1.82, 2.24) is 19.8 Å². The molecule has 3 aliphatic heterocycles. The summed E-state index contributed by atoms with van der Waals surface area (Å²) in [5, 5.41) is 15.1. The average Bonchev–Trinajstić information content (AvgIpc) is 3.56. The SMILES string of the molecule is CC[C@@]1(O)C(=O)OCc2c1cc1n(c2=O)Cc2c-1nc1cc3c(cc1c2CN(C)CCCNC(=O)OC(C)(C)C)CCO3. The Balaban J connectivity index is 1.35. The lowest BCUT2D eigenvalue weighted by atomic mass is 9.86. The molecular formula is C32H38N4O7. The van der Waals surface area contributed by atoms with Crippen LogP contribution in [0.2, 0.25) is 0 Å². The minimum Gasteiger partial charge on any atom is -0.493 e. The molecule has 43 heavy (non-hydrogen) atoms. The minimum atomic E-state index is -1.88. The molecule has 0 aliphatic carbocycles. The van der Waals surface area contributed by atoms with Crippen molar-refractivity contribution in [3.05, 3.63) is 56.4 Å². The molecule has 11 heteroatoms. The lowest BCUT2D eigenvalue weighted by molar-refractivity contribution is -0.172. The molecule has 0 bridgehead atoms. The number of hydrogen-bond acceptors (Lipinski definition) is 9. The van der Waals surface area contributed by atoms with Crippen molar-refractivity contribution in [2.24, 2.45) is 0 Å². The summed E-state index contributed by atoms with van der Waals surface area (Å²) < 4.78 is 18.1. The monoisotopic (exact) mass is 590 g/mol. The van der Waals surface area contributed by atoms with Crippen molar-refractivity contribution in [3.63, 3.8) is 0 Å². The minimum absolute atomic E-state index is 0.0854. The van der Waals surface area contributed by atoms with Crippen LogP contribution in [0.3, 0.4) is 0 Å². The largest absolute Gasteiger partial charge is 0.493 e. The van der Waals surface area contributed by atoms with E-state index in [9.17, 15) is 19.5 Å². The predicted molar refractivity (Wildman–Crippen MR) is 159 cm³/mol. The number of carbonyl (C=O) groups is 2. The highest BCUT2D eigenvalue weighted by Gasteiger charge is 2.45. The molecule has 0 fully saturated rings. The molecule has 1 atom stereocenters. The van der Waals surface area contributed by atoms with Gasteiger partial charge in [-0.1, -0.05) is 6.92 Å². The van der Waals surface area contributed by atoms with Gasteiger partial charge in [-0.15, -0.1) is 0 Å². The zero-order valence-electron chi connectivity index (χ0n) is 25.3. The van der Waals surface area contributed by atoms with Crippen molar-refractivity contribution in [2.75, 3.05) is 26.7 Å². The molecule has 11 nitrogen and oxygen atoms in total. The van der Waals surface area contributed by atoms with Crippen LogP contribution < -0.4 is 15.6 Å². The quantitative estimate of drug-likeness (QED) is 0.246. The van der Waals surface area contributed by atoms with Gasteiger partial charge >= 0.3 is 12.1 Å². The van der Waals surface area contributed by atoms with Gasteiger partial charge in [-0.2, -0.15) is 0 Å². The van der Waals surface area contributed by atoms with Crippen LogP contribution in [-0.4, -0.2) is 64.0 Å². The number of benzene rings is 1. The summed E-state index contributed by atoms with van der Waals surface area (Å²) in [5.41, 5.74) is 3.02. The molecule has 2 aromatic heterocycles. The highest BCUT2D eigenvalue weighted by Crippen LogP contribution is 2.42. The van der Waals surface area contributed by atoms with Gasteiger partial charge in [0.25, 0.3) is 5.56 Å². The van der Waals surface area contributed by atoms with Gasteiger partial charge in [0.15, 0.2) is 5.60 Å². The number of amides is 1. The van der Waals surface area contributed by atoms with E-state index >= 15 is 0 Å². The number of rotatable bonds is 7. The number of esters is 1. The maximum atomic E-state index is 13.7. The van der Waals surface area contributed by atoms with E-state index in [2.05, 4.69) is 16.3 Å². The molecule has 6 rings (SSSR count). The van der Waals surface area contributed by atoms with Crippen LogP contribution >= 0.6 is 0 Å². The average molecular weight is 591 g/mol. The fourth-order valence-corrected chi connectivity index (χ4v) is 6.22. The molecule has 0 saturated heterocycles. The van der Waals surface area contributed by atoms with Crippen LogP contribution in [0.15, 0.2) is 23.0 Å². The molecule has 0 saturated carbocycles. The lowest BCUT2D eigenvalue weighted by Gasteiger charge is -2.31. The van der Waals surface area contributed by atoms with Gasteiger partial charge in [-0.3, -0.25) is 4.79 Å². The Hall–Kier alpha value is -3.96. The molecule has 228 valence electrons. The number of alkyl carbamates (subject to hydrolysis) is 1. The fourth-order valence-electron chi connectivity index (χ4n) is 6.22. The molecule has 3 aliphatic rings. The van der Waals surface area contributed by atoms with Gasteiger partial charge in [0.1, 0.15) is 18.0 Å². The maximum absolute atomic E-state index is 13.7. The molecule has 0 spiro atoms. The number of carbonyl (C=O) groups excluding carboxylic acids is 2. The van der Waals surface area contributed by atoms with Crippen molar-refractivity contribution in [1.29, 1.82) is 0 Å². The smallest absolute Gasteiger partial charge is 0.407 e. The van der Waals surface area contributed by atoms with Crippen molar-refractivity contribution >= 4 is 23.0 Å². The first-order chi connectivity index (χ1) is 20.4. The van der Waals surface area contributed by atoms with Gasteiger partial charge in [0.2, 0.25) is 0 Å². The number of fused-ring (bicyclic) bond motifs is 6. The summed E-state index contributed by atoms with van der Waals surface area (Å²) in [6, 6.07) is 5.85. The van der Waals surface area contributed by atoms with E-state index in [1.165, 1.54) is 0 Å². The predicted octanol–water partition coefficient (Wildman–Crippen LogP) is 3.36. The normalized spacial score (nSPS) is 18.5. The number of nitrogens with zero attached hydrogens (tertiary/aromatic N) is 3. The third-order valence-corrected chi connectivity index (χ3v) is 8.43. The summed E-state index contributed by atoms with van der Waals surface area (Å²) in [6.07, 6.45) is 1.20. The van der Waals surface area contributed by atoms with Crippen LogP contribution in [0, 0.1) is 0 Å². The third kappa shape index (κ3) is 5.14. The van der Waals surface area contributed by atoms with E-state index < -0.39 is 23.3 Å². The number of nitrogens with one attached hydrogen (secondary N) is 1. The van der Waals surface area contributed by atoms with Crippen LogP contribution in [0.4, 0.5) is 4.79 Å². The number of aromatic nitrogens is 2. The number of pyridine rings is 2. The second-order valence-corrected chi connectivity index (χ2v) is 12.6. The summed E-state index contributed by atoms with van der Waals surface area (Å²) in [7, 11) is 2.03. The molecule has 5 heterocycles. The first-order valence-corrected chi connectivity index (χ1v) is 14.8. The van der Waals surface area contributed by atoms with Crippen molar-refractivity contribution < 1.29 is 28.9 Å². The Morgan fingerprint density at radius 1 is 1.21 bits per heavy atom. The van der Waals surface area contributed by atoms with E-state index in [1.54, 1.807) is 17.6 Å². The molecule has 1 amide bonds. The lowest BCUT2D eigenvalue weighted by Crippen LogP contribution is -2.44. The molecule has 1 aromatic carbocycles. The van der Waals surface area contributed by atoms with Crippen LogP contribution in [0.5, 0.6) is 5.75 Å². The van der Waals surface area contributed by atoms with Crippen molar-refractivity contribution in [3.8, 4) is 17.1 Å². The Labute approximate surface area is 249 Å². The van der Waals surface area contributed by atoms with E-state index in [-0.39, 0.29) is 18.6 Å². The van der Waals surface area contributed by atoms with Gasteiger partial charge in [-0.25, -0.2) is 14.6 Å². The number of hydrogen-bond donors (Lipinski definition) is 2. The summed E-state index contributed by atoms with van der Waals surface area (Å²) >= 11 is 0. The standard InChI is InChI=1S/C32H38N4O7/c1-6-32(40)23-13-25-27-21(16-36(25)28(37)22(23)17-42-29(32)38)20(19-12-18-8-11-41-26(18)14-24(19)34-27)15-35(5)10-7-9-33-30(39)43-31(2,3)4/h12-14,40H,6-11,15-17H2,1-5H3,(H,33,39)/t32-/m0/s1. The first kappa shape index (κ1) is 29.1. The molecule has 0 radical (unpaired) electrons. The molecule has 2 N–H and O–H groups in total. The summed E-state index contributed by atoms with van der Waals surface area (Å²) in [5.74, 6) is 0.0733. The highest BCUT2D eigenvalue weighted by atomic mass is 16.6. The highest BCUT2D eigenvalue weighted by molar-refractivity contribution is 5.90. The zero-order chi connectivity index (χ0) is 30.7. The Kier molecular flexibility index (Phi) is 7.21. The van der Waals surface area contributed by atoms with Crippen LogP contribution in [-0.2, 0) is 46.0 Å². The van der Waals surface area contributed by atoms with E-state index in [0.717, 1.165) is 46.2 Å². The Morgan fingerprint density at radius 3 is 2.74 bits per heavy atom. The van der Waals surface area contributed by atoms with Crippen LogP contribution in [0.1, 0.15) is 68.4 Å². The van der Waals surface area contributed by atoms with Crippen LogP contribution in [0.25, 0.3) is 22.3 Å². The van der Waals surface area contributed by atoms with Gasteiger partial charge in [-0.05, 0) is 70.5 Å². The van der Waals surface area contributed by atoms with E-state index in [4.69, 9.17) is 19.2 Å². The summed E-state index contributed by atoms with van der Waals surface area (Å²) in [4.78, 5) is 45.6. The third-order valence-electron chi connectivity index (χ3n) is 8.43.